The Balaban J connectivity index is 2.80. The Labute approximate surface area is 98.7 Å². The van der Waals surface area contributed by atoms with E-state index in [1.54, 1.807) is 29.0 Å². The molecular formula is C13H12N2O2. The molecule has 0 aliphatic heterocycles. The molecule has 0 atom stereocenters. The van der Waals surface area contributed by atoms with Crippen molar-refractivity contribution in [3.05, 3.63) is 40.7 Å². The van der Waals surface area contributed by atoms with Crippen LogP contribution in [0.1, 0.15) is 6.92 Å². The summed E-state index contributed by atoms with van der Waals surface area (Å²) in [6, 6.07) is 8.87. The van der Waals surface area contributed by atoms with Gasteiger partial charge in [-0.1, -0.05) is 6.07 Å². The van der Waals surface area contributed by atoms with E-state index in [1.807, 2.05) is 6.92 Å². The van der Waals surface area contributed by atoms with Crippen LogP contribution in [0, 0.1) is 11.3 Å². The zero-order valence-electron chi connectivity index (χ0n) is 9.51. The van der Waals surface area contributed by atoms with Crippen LogP contribution in [0.4, 0.5) is 0 Å². The Morgan fingerprint density at radius 3 is 2.94 bits per heavy atom. The van der Waals surface area contributed by atoms with Gasteiger partial charge < -0.3 is 9.30 Å². The lowest BCUT2D eigenvalue weighted by Gasteiger charge is -2.11. The highest BCUT2D eigenvalue weighted by Gasteiger charge is 2.08. The van der Waals surface area contributed by atoms with E-state index in [4.69, 9.17) is 10.00 Å². The first-order valence-electron chi connectivity index (χ1n) is 5.40. The molecule has 2 aromatic rings. The molecule has 0 spiro atoms. The zero-order chi connectivity index (χ0) is 12.3. The zero-order valence-corrected chi connectivity index (χ0v) is 9.51. The molecule has 0 unspecified atom stereocenters. The number of benzene rings is 1. The minimum absolute atomic E-state index is 0.0595. The van der Waals surface area contributed by atoms with Gasteiger partial charge in [0.25, 0.3) is 0 Å². The van der Waals surface area contributed by atoms with Crippen LogP contribution in [-0.2, 0) is 6.54 Å². The van der Waals surface area contributed by atoms with Crippen molar-refractivity contribution in [2.45, 2.75) is 13.5 Å². The van der Waals surface area contributed by atoms with Gasteiger partial charge in [0.05, 0.1) is 18.2 Å². The first-order valence-corrected chi connectivity index (χ1v) is 5.40. The van der Waals surface area contributed by atoms with Gasteiger partial charge >= 0.3 is 0 Å². The molecule has 0 aliphatic rings. The van der Waals surface area contributed by atoms with Gasteiger partial charge in [-0.05, 0) is 19.1 Å². The molecule has 0 fully saturated rings. The molecule has 0 bridgehead atoms. The normalized spacial score (nSPS) is 10.1. The molecule has 1 heterocycles. The summed E-state index contributed by atoms with van der Waals surface area (Å²) in [5.41, 5.74) is 0.624. The molecule has 0 radical (unpaired) electrons. The van der Waals surface area contributed by atoms with Gasteiger partial charge in [-0.3, -0.25) is 4.79 Å². The second kappa shape index (κ2) is 4.71. The summed E-state index contributed by atoms with van der Waals surface area (Å²) >= 11 is 0. The number of pyridine rings is 1. The SMILES string of the molecule is CCOc1cccc2c(=O)ccn(CC#N)c12. The summed E-state index contributed by atoms with van der Waals surface area (Å²) < 4.78 is 7.22. The van der Waals surface area contributed by atoms with E-state index < -0.39 is 0 Å². The van der Waals surface area contributed by atoms with Crippen molar-refractivity contribution in [1.29, 1.82) is 5.26 Å². The summed E-state index contributed by atoms with van der Waals surface area (Å²) in [6.07, 6.45) is 1.62. The molecule has 0 saturated heterocycles. The standard InChI is InChI=1S/C13H12N2O2/c1-2-17-12-5-3-4-10-11(16)6-8-15(9-7-14)13(10)12/h3-6,8H,2,9H2,1H3. The average molecular weight is 228 g/mol. The second-order valence-electron chi connectivity index (χ2n) is 3.55. The van der Waals surface area contributed by atoms with Crippen LogP contribution in [0.3, 0.4) is 0 Å². The maximum Gasteiger partial charge on any atom is 0.189 e. The molecule has 0 aliphatic carbocycles. The van der Waals surface area contributed by atoms with E-state index in [9.17, 15) is 4.79 Å². The van der Waals surface area contributed by atoms with E-state index >= 15 is 0 Å². The molecule has 0 amide bonds. The third-order valence-corrected chi connectivity index (χ3v) is 2.50. The number of hydrogen-bond donors (Lipinski definition) is 0. The molecule has 17 heavy (non-hydrogen) atoms. The van der Waals surface area contributed by atoms with E-state index in [0.717, 1.165) is 0 Å². The molecule has 1 aromatic carbocycles. The number of para-hydroxylation sites is 1. The number of fused-ring (bicyclic) bond motifs is 1. The number of nitrogens with zero attached hydrogens (tertiary/aromatic N) is 2. The number of nitriles is 1. The maximum atomic E-state index is 11.7. The van der Waals surface area contributed by atoms with Crippen LogP contribution < -0.4 is 10.2 Å². The van der Waals surface area contributed by atoms with Crippen LogP contribution in [-0.4, -0.2) is 11.2 Å². The average Bonchev–Trinajstić information content (AvgIpc) is 2.34. The van der Waals surface area contributed by atoms with Gasteiger partial charge in [0.2, 0.25) is 0 Å². The number of rotatable bonds is 3. The molecule has 1 aromatic heterocycles. The summed E-state index contributed by atoms with van der Waals surface area (Å²) in [4.78, 5) is 11.7. The smallest absolute Gasteiger partial charge is 0.189 e. The van der Waals surface area contributed by atoms with Crippen LogP contribution in [0.15, 0.2) is 35.3 Å². The van der Waals surface area contributed by atoms with Crippen LogP contribution in [0.5, 0.6) is 5.75 Å². The fourth-order valence-corrected chi connectivity index (χ4v) is 1.82. The van der Waals surface area contributed by atoms with Crippen molar-refractivity contribution in [3.8, 4) is 11.8 Å². The van der Waals surface area contributed by atoms with Crippen molar-refractivity contribution in [2.24, 2.45) is 0 Å². The molecule has 86 valence electrons. The number of hydrogen-bond acceptors (Lipinski definition) is 3. The van der Waals surface area contributed by atoms with Crippen molar-refractivity contribution < 1.29 is 4.74 Å². The summed E-state index contributed by atoms with van der Waals surface area (Å²) in [6.45, 7) is 2.60. The van der Waals surface area contributed by atoms with Crippen LogP contribution in [0.2, 0.25) is 0 Å². The van der Waals surface area contributed by atoms with Gasteiger partial charge in [0.1, 0.15) is 12.3 Å². The third-order valence-electron chi connectivity index (χ3n) is 2.50. The number of aromatic nitrogens is 1. The minimum atomic E-state index is -0.0595. The highest BCUT2D eigenvalue weighted by Crippen LogP contribution is 2.23. The first-order chi connectivity index (χ1) is 8.27. The fraction of sp³-hybridized carbons (Fsp3) is 0.231. The predicted octanol–water partition coefficient (Wildman–Crippen LogP) is 1.92. The van der Waals surface area contributed by atoms with Gasteiger partial charge in [0.15, 0.2) is 5.43 Å². The minimum Gasteiger partial charge on any atom is -0.492 e. The fourth-order valence-electron chi connectivity index (χ4n) is 1.82. The van der Waals surface area contributed by atoms with Crippen molar-refractivity contribution >= 4 is 10.9 Å². The van der Waals surface area contributed by atoms with Gasteiger partial charge in [-0.25, -0.2) is 0 Å². The lowest BCUT2D eigenvalue weighted by molar-refractivity contribution is 0.342. The predicted molar refractivity (Wildman–Crippen MR) is 65.0 cm³/mol. The Morgan fingerprint density at radius 2 is 2.24 bits per heavy atom. The molecular weight excluding hydrogens is 216 g/mol. The van der Waals surface area contributed by atoms with Crippen molar-refractivity contribution in [1.82, 2.24) is 4.57 Å². The Bertz CT molecular complexity index is 638. The van der Waals surface area contributed by atoms with Gasteiger partial charge in [-0.2, -0.15) is 5.26 Å². The number of ether oxygens (including phenoxy) is 1. The molecule has 0 saturated carbocycles. The highest BCUT2D eigenvalue weighted by atomic mass is 16.5. The highest BCUT2D eigenvalue weighted by molar-refractivity contribution is 5.84. The largest absolute Gasteiger partial charge is 0.492 e. The Morgan fingerprint density at radius 1 is 1.41 bits per heavy atom. The Hall–Kier alpha value is -2.28. The quantitative estimate of drug-likeness (QED) is 0.806. The van der Waals surface area contributed by atoms with E-state index in [1.165, 1.54) is 6.07 Å². The maximum absolute atomic E-state index is 11.7. The molecule has 2 rings (SSSR count). The summed E-state index contributed by atoms with van der Waals surface area (Å²) in [5.74, 6) is 0.637. The summed E-state index contributed by atoms with van der Waals surface area (Å²) in [5, 5.41) is 9.36. The lowest BCUT2D eigenvalue weighted by atomic mass is 10.2. The first kappa shape index (κ1) is 11.2. The van der Waals surface area contributed by atoms with Crippen molar-refractivity contribution in [3.63, 3.8) is 0 Å². The monoisotopic (exact) mass is 228 g/mol. The van der Waals surface area contributed by atoms with Crippen molar-refractivity contribution in [2.75, 3.05) is 6.61 Å². The van der Waals surface area contributed by atoms with E-state index in [2.05, 4.69) is 6.07 Å². The van der Waals surface area contributed by atoms with E-state index in [-0.39, 0.29) is 12.0 Å². The summed E-state index contributed by atoms with van der Waals surface area (Å²) in [7, 11) is 0. The molecule has 0 N–H and O–H groups in total. The third kappa shape index (κ3) is 2.00. The van der Waals surface area contributed by atoms with Crippen LogP contribution >= 0.6 is 0 Å². The van der Waals surface area contributed by atoms with Gasteiger partial charge in [0, 0.05) is 17.6 Å². The van der Waals surface area contributed by atoms with Gasteiger partial charge in [-0.15, -0.1) is 0 Å². The Kier molecular flexibility index (Phi) is 3.10. The second-order valence-corrected chi connectivity index (χ2v) is 3.55. The molecule has 4 nitrogen and oxygen atoms in total. The lowest BCUT2D eigenvalue weighted by Crippen LogP contribution is -2.09. The topological polar surface area (TPSA) is 55.0 Å². The van der Waals surface area contributed by atoms with Crippen LogP contribution in [0.25, 0.3) is 10.9 Å². The molecule has 4 heteroatoms. The van der Waals surface area contributed by atoms with E-state index in [0.29, 0.717) is 23.3 Å².